The molecule has 1 aromatic carbocycles. The van der Waals surface area contributed by atoms with Crippen molar-refractivity contribution >= 4 is 41.2 Å². The lowest BCUT2D eigenvalue weighted by Gasteiger charge is -2.36. The number of amides is 1. The van der Waals surface area contributed by atoms with Crippen LogP contribution in [0, 0.1) is 0 Å². The van der Waals surface area contributed by atoms with Crippen molar-refractivity contribution in [3.8, 4) is 22.9 Å². The van der Waals surface area contributed by atoms with Gasteiger partial charge in [0.1, 0.15) is 11.7 Å². The van der Waals surface area contributed by atoms with Crippen LogP contribution in [0.4, 0.5) is 15.1 Å². The Labute approximate surface area is 276 Å². The fraction of sp³-hybridized carbons (Fsp3) is 0.452. The molecule has 3 aromatic rings. The van der Waals surface area contributed by atoms with Crippen LogP contribution in [0.3, 0.4) is 0 Å². The number of hydrogen-bond donors (Lipinski definition) is 2. The van der Waals surface area contributed by atoms with Gasteiger partial charge in [0.05, 0.1) is 31.7 Å². The number of carbonyl (C=O) groups excluding carboxylic acids is 1. The smallest absolute Gasteiger partial charge is 0.406 e. The number of piperazine rings is 1. The highest BCUT2D eigenvalue weighted by Gasteiger charge is 2.35. The van der Waals surface area contributed by atoms with Crippen LogP contribution in [-0.4, -0.2) is 107 Å². The van der Waals surface area contributed by atoms with Crippen molar-refractivity contribution < 1.29 is 28.6 Å². The third-order valence-corrected chi connectivity index (χ3v) is 8.69. The van der Waals surface area contributed by atoms with Gasteiger partial charge in [0.2, 0.25) is 11.8 Å². The van der Waals surface area contributed by atoms with Crippen molar-refractivity contribution in [2.24, 2.45) is 0 Å². The first-order chi connectivity index (χ1) is 22.0. The maximum atomic E-state index is 15.3. The molecule has 0 aliphatic carbocycles. The van der Waals surface area contributed by atoms with Gasteiger partial charge in [-0.05, 0) is 49.6 Å². The zero-order chi connectivity index (χ0) is 32.8. The number of rotatable bonds is 10. The number of nitrogens with one attached hydrogen (secondary N) is 1. The number of carboxylic acids is 1. The van der Waals surface area contributed by atoms with E-state index in [0.717, 1.165) is 5.56 Å². The van der Waals surface area contributed by atoms with Crippen LogP contribution in [0.15, 0.2) is 42.7 Å². The monoisotopic (exact) mass is 675 g/mol. The summed E-state index contributed by atoms with van der Waals surface area (Å²) in [7, 11) is 1.25. The van der Waals surface area contributed by atoms with Crippen molar-refractivity contribution in [2.75, 3.05) is 57.8 Å². The molecular weight excluding hydrogens is 640 g/mol. The van der Waals surface area contributed by atoms with E-state index in [4.69, 9.17) is 32.9 Å². The van der Waals surface area contributed by atoms with Crippen LogP contribution in [0.5, 0.6) is 11.6 Å². The minimum absolute atomic E-state index is 0.0958. The first kappa shape index (κ1) is 33.6. The predicted octanol–water partition coefficient (Wildman–Crippen LogP) is 4.89. The van der Waals surface area contributed by atoms with Gasteiger partial charge in [0.25, 0.3) is 0 Å². The van der Waals surface area contributed by atoms with Gasteiger partial charge in [-0.25, -0.2) is 24.1 Å². The third kappa shape index (κ3) is 8.72. The Morgan fingerprint density at radius 3 is 2.28 bits per heavy atom. The van der Waals surface area contributed by atoms with Gasteiger partial charge in [-0.1, -0.05) is 23.2 Å². The molecule has 2 aliphatic heterocycles. The van der Waals surface area contributed by atoms with Gasteiger partial charge in [0.15, 0.2) is 5.75 Å². The molecule has 1 atom stereocenters. The second-order valence-electron chi connectivity index (χ2n) is 11.5. The molecule has 0 spiro atoms. The molecule has 2 fully saturated rings. The number of pyridine rings is 1. The molecule has 5 rings (SSSR count). The summed E-state index contributed by atoms with van der Waals surface area (Å²) in [6.45, 7) is 5.49. The summed E-state index contributed by atoms with van der Waals surface area (Å²) in [5.41, 5.74) is 0.696. The molecule has 246 valence electrons. The number of piperidine rings is 1. The maximum absolute atomic E-state index is 15.3. The Bertz CT molecular complexity index is 1510. The fourth-order valence-corrected chi connectivity index (χ4v) is 6.04. The van der Waals surface area contributed by atoms with E-state index in [-0.39, 0.29) is 19.4 Å². The number of carboxylic acid groups (broad SMARTS) is 1. The molecule has 4 heterocycles. The van der Waals surface area contributed by atoms with Crippen molar-refractivity contribution in [1.82, 2.24) is 30.1 Å². The summed E-state index contributed by atoms with van der Waals surface area (Å²) in [5, 5.41) is 12.7. The highest BCUT2D eigenvalue weighted by atomic mass is 35.5. The molecule has 15 heteroatoms. The van der Waals surface area contributed by atoms with Crippen molar-refractivity contribution in [1.29, 1.82) is 0 Å². The number of anilines is 1. The van der Waals surface area contributed by atoms with Crippen LogP contribution in [-0.2, 0) is 16.1 Å². The van der Waals surface area contributed by atoms with Crippen molar-refractivity contribution in [3.63, 3.8) is 0 Å². The maximum Gasteiger partial charge on any atom is 0.406 e. The number of ether oxygens (including phenoxy) is 2. The molecule has 46 heavy (non-hydrogen) atoms. The number of carbonyl (C=O) groups is 2. The predicted molar refractivity (Wildman–Crippen MR) is 171 cm³/mol. The molecular formula is C31H36Cl2FN7O5. The van der Waals surface area contributed by atoms with Crippen molar-refractivity contribution in [3.05, 3.63) is 58.3 Å². The minimum atomic E-state index is -1.50. The standard InChI is InChI=1S/C31H36Cl2FN7O5/c1-20(28(42)43)40-7-9-41(10-8-40)29-35-16-25(17-36-29)46-27-12-21(11-26(38-27)22-13-23(32)15-24(33)14-22)18-39-5-3-31(34,4-6-39)19-37-30(44)45-2/h11-17,20H,3-10,18-19H2,1-2H3,(H,37,44)(H,42,43). The quantitative estimate of drug-likeness (QED) is 0.304. The van der Waals surface area contributed by atoms with Crippen LogP contribution in [0.25, 0.3) is 11.3 Å². The van der Waals surface area contributed by atoms with E-state index >= 15 is 4.39 Å². The highest BCUT2D eigenvalue weighted by Crippen LogP contribution is 2.32. The largest absolute Gasteiger partial charge is 0.480 e. The number of hydrogen-bond acceptors (Lipinski definition) is 10. The topological polar surface area (TPSA) is 133 Å². The SMILES string of the molecule is COC(=O)NCC1(F)CCN(Cc2cc(Oc3cnc(N4CCN(C(C)C(=O)O)CC4)nc3)nc(-c3cc(Cl)cc(Cl)c3)c2)CC1. The van der Waals surface area contributed by atoms with Gasteiger partial charge >= 0.3 is 12.1 Å². The molecule has 1 unspecified atom stereocenters. The summed E-state index contributed by atoms with van der Waals surface area (Å²) >= 11 is 12.6. The van der Waals surface area contributed by atoms with E-state index in [2.05, 4.69) is 24.9 Å². The molecule has 2 saturated heterocycles. The molecule has 12 nitrogen and oxygen atoms in total. The first-order valence-corrected chi connectivity index (χ1v) is 15.7. The average molecular weight is 677 g/mol. The fourth-order valence-electron chi connectivity index (χ4n) is 5.51. The Kier molecular flexibility index (Phi) is 10.8. The Balaban J connectivity index is 1.29. The molecule has 2 aliphatic rings. The lowest BCUT2D eigenvalue weighted by atomic mass is 9.93. The Morgan fingerprint density at radius 1 is 1.02 bits per heavy atom. The van der Waals surface area contributed by atoms with Crippen LogP contribution >= 0.6 is 23.2 Å². The lowest BCUT2D eigenvalue weighted by molar-refractivity contribution is -0.142. The average Bonchev–Trinajstić information content (AvgIpc) is 3.04. The molecule has 1 amide bonds. The summed E-state index contributed by atoms with van der Waals surface area (Å²) in [6, 6.07) is 8.39. The number of benzene rings is 1. The number of nitrogens with zero attached hydrogens (tertiary/aromatic N) is 6. The van der Waals surface area contributed by atoms with Crippen LogP contribution in [0.2, 0.25) is 10.0 Å². The van der Waals surface area contributed by atoms with E-state index < -0.39 is 23.8 Å². The van der Waals surface area contributed by atoms with E-state index in [1.54, 1.807) is 37.5 Å². The second kappa shape index (κ2) is 14.8. The number of methoxy groups -OCH3 is 1. The number of alkyl carbamates (subject to hydrolysis) is 1. The number of aliphatic carboxylic acids is 1. The van der Waals surface area contributed by atoms with Crippen molar-refractivity contribution in [2.45, 2.75) is 38.0 Å². The summed E-state index contributed by atoms with van der Waals surface area (Å²) < 4.78 is 26.0. The van der Waals surface area contributed by atoms with Gasteiger partial charge in [-0.2, -0.15) is 0 Å². The highest BCUT2D eigenvalue weighted by molar-refractivity contribution is 6.35. The zero-order valence-electron chi connectivity index (χ0n) is 25.6. The normalized spacial score (nSPS) is 17.7. The van der Waals surface area contributed by atoms with E-state index in [9.17, 15) is 14.7 Å². The summed E-state index contributed by atoms with van der Waals surface area (Å²) in [6.07, 6.45) is 3.03. The molecule has 0 bridgehead atoms. The van der Waals surface area contributed by atoms with Crippen LogP contribution in [0.1, 0.15) is 25.3 Å². The van der Waals surface area contributed by atoms with E-state index in [0.29, 0.717) is 84.7 Å². The van der Waals surface area contributed by atoms with Gasteiger partial charge < -0.3 is 24.8 Å². The molecule has 0 saturated carbocycles. The number of halogens is 3. The lowest BCUT2D eigenvalue weighted by Crippen LogP contribution is -2.52. The Hall–Kier alpha value is -3.78. The van der Waals surface area contributed by atoms with Gasteiger partial charge in [-0.15, -0.1) is 0 Å². The van der Waals surface area contributed by atoms with Gasteiger partial charge in [0, 0.05) is 67.5 Å². The van der Waals surface area contributed by atoms with E-state index in [1.165, 1.54) is 7.11 Å². The molecule has 2 aromatic heterocycles. The Morgan fingerprint density at radius 2 is 1.67 bits per heavy atom. The summed E-state index contributed by atoms with van der Waals surface area (Å²) in [5.74, 6) is 0.394. The summed E-state index contributed by atoms with van der Waals surface area (Å²) in [4.78, 5) is 42.5. The van der Waals surface area contributed by atoms with E-state index in [1.807, 2.05) is 21.9 Å². The first-order valence-electron chi connectivity index (χ1n) is 14.9. The number of aromatic nitrogens is 3. The zero-order valence-corrected chi connectivity index (χ0v) is 27.1. The number of likely N-dealkylation sites (tertiary alicyclic amines) is 1. The third-order valence-electron chi connectivity index (χ3n) is 8.25. The molecule has 2 N–H and O–H groups in total. The number of alkyl halides is 1. The molecule has 0 radical (unpaired) electrons. The minimum Gasteiger partial charge on any atom is -0.480 e. The van der Waals surface area contributed by atoms with Gasteiger partial charge in [-0.3, -0.25) is 14.6 Å². The second-order valence-corrected chi connectivity index (χ2v) is 12.4. The van der Waals surface area contributed by atoms with Crippen LogP contribution < -0.4 is 15.0 Å².